The Morgan fingerprint density at radius 3 is 2.45 bits per heavy atom. The Morgan fingerprint density at radius 2 is 2.05 bits per heavy atom. The molecule has 0 aliphatic carbocycles. The van der Waals surface area contributed by atoms with Crippen molar-refractivity contribution in [2.75, 3.05) is 0 Å². The predicted molar refractivity (Wildman–Crippen MR) is 74.8 cm³/mol. The van der Waals surface area contributed by atoms with E-state index in [4.69, 9.17) is 0 Å². The molecule has 3 atom stereocenters. The van der Waals surface area contributed by atoms with Crippen LogP contribution in [0.15, 0.2) is 12.4 Å². The lowest BCUT2D eigenvalue weighted by molar-refractivity contribution is -0.271. The molecule has 0 spiro atoms. The number of imidazole rings is 1. The number of rotatable bonds is 6. The Kier molecular flexibility index (Phi) is 5.61. The van der Waals surface area contributed by atoms with Crippen molar-refractivity contribution in [1.82, 2.24) is 14.9 Å². The highest BCUT2D eigenvalue weighted by Gasteiger charge is 2.58. The number of halogens is 3. The molecule has 0 bridgehead atoms. The minimum atomic E-state index is -5.01. The predicted octanol–water partition coefficient (Wildman–Crippen LogP) is 2.11. The molecule has 126 valence electrons. The summed E-state index contributed by atoms with van der Waals surface area (Å²) in [6.07, 6.45) is -2.92. The van der Waals surface area contributed by atoms with Gasteiger partial charge in [0.1, 0.15) is 0 Å². The van der Waals surface area contributed by atoms with Crippen molar-refractivity contribution in [3.63, 3.8) is 0 Å². The molecule has 1 aromatic heterocycles. The maximum Gasteiger partial charge on any atom is 0.425 e. The molecular weight excluding hydrogens is 299 g/mol. The Bertz CT molecular complexity index is 516. The zero-order valence-corrected chi connectivity index (χ0v) is 13.1. The van der Waals surface area contributed by atoms with Crippen molar-refractivity contribution in [2.24, 2.45) is 13.0 Å². The first kappa shape index (κ1) is 18.5. The van der Waals surface area contributed by atoms with Crippen molar-refractivity contribution < 1.29 is 23.1 Å². The maximum absolute atomic E-state index is 13.3. The fourth-order valence-corrected chi connectivity index (χ4v) is 2.10. The van der Waals surface area contributed by atoms with Gasteiger partial charge in [-0.1, -0.05) is 20.3 Å². The number of hydrogen-bond acceptors (Lipinski definition) is 3. The standard InChI is InChI=1S/C14H22F3N3O2/c1-5-9(2)10(3)19-11(21)8-13(22,14(15,16)17)12-18-6-7-20(12)4/h6-7,9-10,22H,5,8H2,1-4H3,(H,19,21). The third-order valence-electron chi connectivity index (χ3n) is 3.96. The summed E-state index contributed by atoms with van der Waals surface area (Å²) in [7, 11) is 1.33. The normalized spacial score (nSPS) is 17.6. The molecule has 1 aromatic rings. The maximum atomic E-state index is 13.3. The molecule has 3 unspecified atom stereocenters. The smallest absolute Gasteiger partial charge is 0.374 e. The average Bonchev–Trinajstić information content (AvgIpc) is 2.82. The Hall–Kier alpha value is -1.57. The van der Waals surface area contributed by atoms with Gasteiger partial charge in [-0.05, 0) is 12.8 Å². The molecule has 0 radical (unpaired) electrons. The van der Waals surface area contributed by atoms with Gasteiger partial charge in [-0.3, -0.25) is 4.79 Å². The second-order valence-corrected chi connectivity index (χ2v) is 5.64. The number of aryl methyl sites for hydroxylation is 1. The number of aromatic nitrogens is 2. The fourth-order valence-electron chi connectivity index (χ4n) is 2.10. The van der Waals surface area contributed by atoms with E-state index in [-0.39, 0.29) is 12.0 Å². The molecule has 0 aliphatic rings. The lowest BCUT2D eigenvalue weighted by Crippen LogP contribution is -2.49. The van der Waals surface area contributed by atoms with E-state index in [9.17, 15) is 23.1 Å². The molecule has 8 heteroatoms. The van der Waals surface area contributed by atoms with Crippen LogP contribution < -0.4 is 5.32 Å². The van der Waals surface area contributed by atoms with Crippen LogP contribution in [0, 0.1) is 5.92 Å². The highest BCUT2D eigenvalue weighted by molar-refractivity contribution is 5.77. The minimum absolute atomic E-state index is 0.121. The van der Waals surface area contributed by atoms with Gasteiger partial charge >= 0.3 is 6.18 Å². The largest absolute Gasteiger partial charge is 0.425 e. The summed E-state index contributed by atoms with van der Waals surface area (Å²) >= 11 is 0. The number of nitrogens with zero attached hydrogens (tertiary/aromatic N) is 2. The first-order valence-electron chi connectivity index (χ1n) is 7.09. The molecular formula is C14H22F3N3O2. The molecule has 5 nitrogen and oxygen atoms in total. The first-order valence-corrected chi connectivity index (χ1v) is 7.09. The summed E-state index contributed by atoms with van der Waals surface area (Å²) in [5, 5.41) is 12.6. The van der Waals surface area contributed by atoms with Gasteiger partial charge in [-0.25, -0.2) is 4.98 Å². The van der Waals surface area contributed by atoms with Gasteiger partial charge in [0.25, 0.3) is 0 Å². The van der Waals surface area contributed by atoms with Crippen LogP contribution in [0.1, 0.15) is 39.4 Å². The second-order valence-electron chi connectivity index (χ2n) is 5.64. The third-order valence-corrected chi connectivity index (χ3v) is 3.96. The number of aliphatic hydroxyl groups is 1. The summed E-state index contributed by atoms with van der Waals surface area (Å²) in [6.45, 7) is 5.53. The zero-order chi connectivity index (χ0) is 17.1. The third kappa shape index (κ3) is 3.79. The second kappa shape index (κ2) is 6.68. The lowest BCUT2D eigenvalue weighted by Gasteiger charge is -2.30. The quantitative estimate of drug-likeness (QED) is 0.843. The Labute approximate surface area is 127 Å². The van der Waals surface area contributed by atoms with Gasteiger partial charge in [-0.15, -0.1) is 0 Å². The van der Waals surface area contributed by atoms with E-state index in [0.717, 1.165) is 17.2 Å². The van der Waals surface area contributed by atoms with Crippen LogP contribution in [0.5, 0.6) is 0 Å². The van der Waals surface area contributed by atoms with Gasteiger partial charge in [0.2, 0.25) is 11.5 Å². The number of nitrogens with one attached hydrogen (secondary N) is 1. The number of alkyl halides is 3. The SMILES string of the molecule is CCC(C)C(C)NC(=O)CC(O)(c1nccn1C)C(F)(F)F. The highest BCUT2D eigenvalue weighted by atomic mass is 19.4. The summed E-state index contributed by atoms with van der Waals surface area (Å²) in [5.74, 6) is -1.35. The van der Waals surface area contributed by atoms with Gasteiger partial charge in [0, 0.05) is 25.5 Å². The number of carbonyl (C=O) groups is 1. The first-order chi connectivity index (χ1) is 10.0. The molecule has 1 rings (SSSR count). The van der Waals surface area contributed by atoms with E-state index in [1.807, 2.05) is 13.8 Å². The van der Waals surface area contributed by atoms with Crippen LogP contribution in [-0.4, -0.2) is 32.8 Å². The van der Waals surface area contributed by atoms with Crippen molar-refractivity contribution in [3.8, 4) is 0 Å². The van der Waals surface area contributed by atoms with Crippen molar-refractivity contribution in [1.29, 1.82) is 0 Å². The monoisotopic (exact) mass is 321 g/mol. The van der Waals surface area contributed by atoms with Crippen LogP contribution in [0.3, 0.4) is 0 Å². The number of hydrogen-bond donors (Lipinski definition) is 2. The Balaban J connectivity index is 2.97. The van der Waals surface area contributed by atoms with Crippen LogP contribution >= 0.6 is 0 Å². The molecule has 0 aromatic carbocycles. The van der Waals surface area contributed by atoms with E-state index >= 15 is 0 Å². The van der Waals surface area contributed by atoms with Crippen molar-refractivity contribution in [2.45, 2.75) is 51.4 Å². The number of amides is 1. The van der Waals surface area contributed by atoms with E-state index < -0.39 is 29.9 Å². The molecule has 1 heterocycles. The molecule has 1 amide bonds. The topological polar surface area (TPSA) is 67.2 Å². The summed E-state index contributed by atoms with van der Waals surface area (Å²) in [5.41, 5.74) is -3.31. The van der Waals surface area contributed by atoms with Gasteiger partial charge in [0.05, 0.1) is 6.42 Å². The van der Waals surface area contributed by atoms with Crippen LogP contribution in [0.25, 0.3) is 0 Å². The van der Waals surface area contributed by atoms with E-state index in [2.05, 4.69) is 10.3 Å². The van der Waals surface area contributed by atoms with Gasteiger partial charge in [-0.2, -0.15) is 13.2 Å². The Morgan fingerprint density at radius 1 is 1.45 bits per heavy atom. The van der Waals surface area contributed by atoms with E-state index in [1.165, 1.54) is 13.2 Å². The lowest BCUT2D eigenvalue weighted by atomic mass is 9.95. The average molecular weight is 321 g/mol. The summed E-state index contributed by atoms with van der Waals surface area (Å²) in [6, 6.07) is -0.281. The fraction of sp³-hybridized carbons (Fsp3) is 0.714. The minimum Gasteiger partial charge on any atom is -0.374 e. The summed E-state index contributed by atoms with van der Waals surface area (Å²) < 4.78 is 40.9. The molecule has 0 fully saturated rings. The van der Waals surface area contributed by atoms with Gasteiger partial charge in [0.15, 0.2) is 5.82 Å². The highest BCUT2D eigenvalue weighted by Crippen LogP contribution is 2.40. The molecule has 0 aliphatic heterocycles. The molecule has 0 saturated heterocycles. The van der Waals surface area contributed by atoms with Crippen molar-refractivity contribution >= 4 is 5.91 Å². The molecule has 0 saturated carbocycles. The van der Waals surface area contributed by atoms with Gasteiger partial charge < -0.3 is 15.0 Å². The van der Waals surface area contributed by atoms with Crippen LogP contribution in [0.4, 0.5) is 13.2 Å². The van der Waals surface area contributed by atoms with E-state index in [0.29, 0.717) is 0 Å². The summed E-state index contributed by atoms with van der Waals surface area (Å²) in [4.78, 5) is 15.5. The van der Waals surface area contributed by atoms with Crippen LogP contribution in [0.2, 0.25) is 0 Å². The zero-order valence-electron chi connectivity index (χ0n) is 13.1. The molecule has 2 N–H and O–H groups in total. The van der Waals surface area contributed by atoms with E-state index in [1.54, 1.807) is 6.92 Å². The van der Waals surface area contributed by atoms with Crippen LogP contribution in [-0.2, 0) is 17.4 Å². The molecule has 22 heavy (non-hydrogen) atoms. The number of carbonyl (C=O) groups excluding carboxylic acids is 1. The van der Waals surface area contributed by atoms with Crippen molar-refractivity contribution in [3.05, 3.63) is 18.2 Å².